The minimum atomic E-state index is -0.118. The van der Waals surface area contributed by atoms with Crippen molar-refractivity contribution in [3.05, 3.63) is 47.0 Å². The van der Waals surface area contributed by atoms with Gasteiger partial charge in [-0.25, -0.2) is 0 Å². The number of amides is 2. The molecule has 2 fully saturated rings. The van der Waals surface area contributed by atoms with Crippen molar-refractivity contribution in [2.24, 2.45) is 28.7 Å². The molecule has 1 heterocycles. The molecular weight excluding hydrogens is 376 g/mol. The number of rotatable bonds is 7. The van der Waals surface area contributed by atoms with Gasteiger partial charge in [0.1, 0.15) is 0 Å². The fourth-order valence-corrected chi connectivity index (χ4v) is 5.32. The van der Waals surface area contributed by atoms with Crippen LogP contribution in [0.5, 0.6) is 0 Å². The highest BCUT2D eigenvalue weighted by Crippen LogP contribution is 2.52. The van der Waals surface area contributed by atoms with Gasteiger partial charge >= 0.3 is 0 Å². The molecule has 1 aliphatic heterocycles. The van der Waals surface area contributed by atoms with Crippen LogP contribution in [0, 0.1) is 37.5 Å². The van der Waals surface area contributed by atoms with Crippen molar-refractivity contribution >= 4 is 17.8 Å². The molecule has 1 aromatic carbocycles. The Hall–Kier alpha value is -2.63. The summed E-state index contributed by atoms with van der Waals surface area (Å²) in [6.45, 7) is 8.60. The van der Waals surface area contributed by atoms with Gasteiger partial charge in [-0.05, 0) is 51.0 Å². The normalized spacial score (nSPS) is 27.2. The van der Waals surface area contributed by atoms with Crippen LogP contribution in [-0.4, -0.2) is 48.9 Å². The zero-order valence-electron chi connectivity index (χ0n) is 18.1. The first kappa shape index (κ1) is 20.6. The van der Waals surface area contributed by atoms with Crippen LogP contribution in [0.3, 0.4) is 0 Å². The molecule has 1 saturated carbocycles. The number of allylic oxidation sites excluding steroid dienone is 2. The van der Waals surface area contributed by atoms with Gasteiger partial charge in [0.05, 0.1) is 11.8 Å². The largest absolute Gasteiger partial charge is 0.357 e. The summed E-state index contributed by atoms with van der Waals surface area (Å²) in [5.41, 5.74) is 3.83. The Kier molecular flexibility index (Phi) is 5.93. The fourth-order valence-electron chi connectivity index (χ4n) is 5.32. The Labute approximate surface area is 178 Å². The average molecular weight is 409 g/mol. The van der Waals surface area contributed by atoms with E-state index in [9.17, 15) is 9.59 Å². The summed E-state index contributed by atoms with van der Waals surface area (Å²) in [5, 5.41) is 6.52. The molecule has 0 radical (unpaired) electrons. The van der Waals surface area contributed by atoms with Crippen molar-refractivity contribution in [3.8, 4) is 0 Å². The summed E-state index contributed by atoms with van der Waals surface area (Å²) in [7, 11) is 0. The molecule has 0 spiro atoms. The van der Waals surface area contributed by atoms with Crippen molar-refractivity contribution in [2.45, 2.75) is 33.6 Å². The van der Waals surface area contributed by atoms with Crippen LogP contribution in [0.1, 0.15) is 30.0 Å². The maximum Gasteiger partial charge on any atom is 0.233 e. The van der Waals surface area contributed by atoms with E-state index >= 15 is 0 Å². The number of nitrogens with one attached hydrogen (secondary N) is 2. The molecule has 30 heavy (non-hydrogen) atoms. The highest BCUT2D eigenvalue weighted by Gasteiger charge is 2.58. The Bertz CT molecular complexity index is 841. The molecule has 1 saturated heterocycles. The van der Waals surface area contributed by atoms with Crippen molar-refractivity contribution < 1.29 is 9.59 Å². The van der Waals surface area contributed by atoms with E-state index in [0.717, 1.165) is 25.3 Å². The van der Waals surface area contributed by atoms with Gasteiger partial charge in [-0.15, -0.1) is 0 Å². The number of guanidine groups is 1. The number of hydrogen-bond donors (Lipinski definition) is 2. The molecule has 4 unspecified atom stereocenters. The molecule has 2 bridgehead atoms. The molecule has 3 aliphatic rings. The number of carbonyl (C=O) groups excluding carboxylic acids is 2. The number of aryl methyl sites for hydroxylation is 2. The fraction of sp³-hybridized carbons (Fsp3) is 0.542. The first-order valence-corrected chi connectivity index (χ1v) is 11.1. The van der Waals surface area contributed by atoms with E-state index in [2.05, 4.69) is 59.8 Å². The third kappa shape index (κ3) is 4.00. The van der Waals surface area contributed by atoms with Crippen LogP contribution < -0.4 is 10.6 Å². The molecule has 4 rings (SSSR count). The van der Waals surface area contributed by atoms with Gasteiger partial charge in [0.2, 0.25) is 11.8 Å². The number of hydrogen-bond acceptors (Lipinski definition) is 3. The lowest BCUT2D eigenvalue weighted by atomic mass is 9.85. The van der Waals surface area contributed by atoms with Gasteiger partial charge in [-0.3, -0.25) is 19.5 Å². The minimum Gasteiger partial charge on any atom is -0.357 e. The van der Waals surface area contributed by atoms with Crippen molar-refractivity contribution in [1.82, 2.24) is 15.5 Å². The molecule has 0 aromatic heterocycles. The summed E-state index contributed by atoms with van der Waals surface area (Å²) in [4.78, 5) is 31.7. The highest BCUT2D eigenvalue weighted by atomic mass is 16.2. The summed E-state index contributed by atoms with van der Waals surface area (Å²) in [5.74, 6) is 1.04. The smallest absolute Gasteiger partial charge is 0.233 e. The molecule has 160 valence electrons. The van der Waals surface area contributed by atoms with Crippen LogP contribution >= 0.6 is 0 Å². The van der Waals surface area contributed by atoms with Gasteiger partial charge in [0.25, 0.3) is 0 Å². The molecule has 2 aliphatic carbocycles. The summed E-state index contributed by atoms with van der Waals surface area (Å²) < 4.78 is 0. The Morgan fingerprint density at radius 3 is 2.27 bits per heavy atom. The standard InChI is InChI=1S/C24H32N4O2/c1-4-25-24(26-8-7-17-12-15(2)11-16(3)13-17)27-9-10-28-22(29)20-18-5-6-19(14-18)21(20)23(28)30/h5-6,11-13,18-21H,4,7-10,14H2,1-3H3,(H2,25,26,27). The zero-order chi connectivity index (χ0) is 21.3. The van der Waals surface area contributed by atoms with E-state index in [1.807, 2.05) is 6.92 Å². The third-order valence-corrected chi connectivity index (χ3v) is 6.49. The van der Waals surface area contributed by atoms with Crippen LogP contribution in [-0.2, 0) is 16.0 Å². The maximum absolute atomic E-state index is 12.8. The van der Waals surface area contributed by atoms with Crippen molar-refractivity contribution in [3.63, 3.8) is 0 Å². The predicted octanol–water partition coefficient (Wildman–Crippen LogP) is 2.21. The number of carbonyl (C=O) groups is 2. The molecule has 4 atom stereocenters. The van der Waals surface area contributed by atoms with E-state index in [4.69, 9.17) is 0 Å². The van der Waals surface area contributed by atoms with Gasteiger partial charge in [-0.2, -0.15) is 0 Å². The van der Waals surface area contributed by atoms with Crippen LogP contribution in [0.4, 0.5) is 0 Å². The zero-order valence-corrected chi connectivity index (χ0v) is 18.1. The van der Waals surface area contributed by atoms with E-state index < -0.39 is 0 Å². The third-order valence-electron chi connectivity index (χ3n) is 6.49. The molecule has 6 nitrogen and oxygen atoms in total. The summed E-state index contributed by atoms with van der Waals surface area (Å²) >= 11 is 0. The average Bonchev–Trinajstić information content (AvgIpc) is 3.37. The first-order valence-electron chi connectivity index (χ1n) is 11.1. The van der Waals surface area contributed by atoms with Gasteiger partial charge in [-0.1, -0.05) is 41.5 Å². The topological polar surface area (TPSA) is 73.8 Å². The van der Waals surface area contributed by atoms with Gasteiger partial charge in [0, 0.05) is 26.2 Å². The molecule has 2 amide bonds. The van der Waals surface area contributed by atoms with Gasteiger partial charge < -0.3 is 10.6 Å². The SMILES string of the molecule is CCNC(=NCCc1cc(C)cc(C)c1)NCCN1C(=O)C2C3C=CC(C3)C2C1=O. The predicted molar refractivity (Wildman–Crippen MR) is 118 cm³/mol. The van der Waals surface area contributed by atoms with Crippen LogP contribution in [0.2, 0.25) is 0 Å². The molecule has 1 aromatic rings. The lowest BCUT2D eigenvalue weighted by Crippen LogP contribution is -2.43. The van der Waals surface area contributed by atoms with E-state index in [0.29, 0.717) is 19.6 Å². The number of benzene rings is 1. The monoisotopic (exact) mass is 408 g/mol. The Morgan fingerprint density at radius 1 is 1.03 bits per heavy atom. The van der Waals surface area contributed by atoms with E-state index in [1.54, 1.807) is 0 Å². The minimum absolute atomic E-state index is 0.0143. The van der Waals surface area contributed by atoms with Crippen LogP contribution in [0.15, 0.2) is 35.3 Å². The number of fused-ring (bicyclic) bond motifs is 5. The second kappa shape index (κ2) is 8.62. The quantitative estimate of drug-likeness (QED) is 0.314. The Balaban J connectivity index is 1.29. The van der Waals surface area contributed by atoms with E-state index in [-0.39, 0.29) is 35.5 Å². The Morgan fingerprint density at radius 2 is 1.67 bits per heavy atom. The summed E-state index contributed by atoms with van der Waals surface area (Å²) in [6, 6.07) is 6.58. The number of likely N-dealkylation sites (tertiary alicyclic amines) is 1. The van der Waals surface area contributed by atoms with Crippen molar-refractivity contribution in [1.29, 1.82) is 0 Å². The second-order valence-electron chi connectivity index (χ2n) is 8.76. The van der Waals surface area contributed by atoms with Gasteiger partial charge in [0.15, 0.2) is 5.96 Å². The second-order valence-corrected chi connectivity index (χ2v) is 8.76. The molecule has 6 heteroatoms. The number of nitrogens with zero attached hydrogens (tertiary/aromatic N) is 2. The lowest BCUT2D eigenvalue weighted by molar-refractivity contribution is -0.140. The first-order chi connectivity index (χ1) is 14.5. The van der Waals surface area contributed by atoms with Crippen molar-refractivity contribution in [2.75, 3.05) is 26.2 Å². The van der Waals surface area contributed by atoms with E-state index in [1.165, 1.54) is 21.6 Å². The van der Waals surface area contributed by atoms with Crippen LogP contribution in [0.25, 0.3) is 0 Å². The maximum atomic E-state index is 12.8. The summed E-state index contributed by atoms with van der Waals surface area (Å²) in [6.07, 6.45) is 6.10. The molecule has 2 N–H and O–H groups in total. The number of imide groups is 1. The highest BCUT2D eigenvalue weighted by molar-refractivity contribution is 6.06. The lowest BCUT2D eigenvalue weighted by Gasteiger charge is -2.18. The number of aliphatic imine (C=N–C) groups is 1. The molecular formula is C24H32N4O2.